The molecule has 0 amide bonds. The lowest BCUT2D eigenvalue weighted by Crippen LogP contribution is -2.09. The second-order valence-corrected chi connectivity index (χ2v) is 5.11. The van der Waals surface area contributed by atoms with E-state index in [9.17, 15) is 4.79 Å². The highest BCUT2D eigenvalue weighted by molar-refractivity contribution is 7.11. The minimum atomic E-state index is 0.0386. The monoisotopic (exact) mass is 283 g/mol. The van der Waals surface area contributed by atoms with E-state index in [1.165, 1.54) is 11.3 Å². The largest absolute Gasteiger partial charge is 0.293 e. The van der Waals surface area contributed by atoms with Gasteiger partial charge in [-0.05, 0) is 13.3 Å². The van der Waals surface area contributed by atoms with Crippen LogP contribution in [0.4, 0.5) is 0 Å². The predicted molar refractivity (Wildman–Crippen MR) is 72.4 cm³/mol. The molecule has 0 N–H and O–H groups in total. The molecule has 0 aromatic carbocycles. The van der Waals surface area contributed by atoms with E-state index in [-0.39, 0.29) is 12.2 Å². The smallest absolute Gasteiger partial charge is 0.180 e. The van der Waals surface area contributed by atoms with Crippen LogP contribution in [0.2, 0.25) is 5.02 Å². The number of carbonyl (C=O) groups is 1. The molecule has 0 unspecified atom stereocenters. The van der Waals surface area contributed by atoms with Gasteiger partial charge in [-0.2, -0.15) is 5.10 Å². The molecular weight excluding hydrogens is 270 g/mol. The van der Waals surface area contributed by atoms with Crippen LogP contribution in [0.15, 0.2) is 11.7 Å². The topological polar surface area (TPSA) is 47.8 Å². The molecule has 0 atom stereocenters. The van der Waals surface area contributed by atoms with Gasteiger partial charge >= 0.3 is 0 Å². The van der Waals surface area contributed by atoms with Crippen molar-refractivity contribution in [2.45, 2.75) is 33.2 Å². The SMILES string of the molecule is CCc1nn(CC)c(CC(=O)c2cncs2)c1Cl. The maximum Gasteiger partial charge on any atom is 0.180 e. The normalized spacial score (nSPS) is 10.8. The number of rotatable bonds is 5. The molecule has 2 heterocycles. The lowest BCUT2D eigenvalue weighted by molar-refractivity contribution is 0.0994. The van der Waals surface area contributed by atoms with E-state index >= 15 is 0 Å². The second-order valence-electron chi connectivity index (χ2n) is 3.84. The van der Waals surface area contributed by atoms with Gasteiger partial charge < -0.3 is 0 Å². The molecule has 0 aliphatic heterocycles. The zero-order valence-electron chi connectivity index (χ0n) is 10.3. The molecule has 2 rings (SSSR count). The van der Waals surface area contributed by atoms with Gasteiger partial charge in [-0.25, -0.2) is 0 Å². The van der Waals surface area contributed by atoms with Crippen LogP contribution in [0.1, 0.15) is 34.9 Å². The maximum atomic E-state index is 12.1. The van der Waals surface area contributed by atoms with Crippen LogP contribution in [-0.2, 0) is 19.4 Å². The summed E-state index contributed by atoms with van der Waals surface area (Å²) in [7, 11) is 0. The van der Waals surface area contributed by atoms with Gasteiger partial charge in [-0.3, -0.25) is 14.5 Å². The molecule has 0 aliphatic carbocycles. The molecular formula is C12H14ClN3OS. The van der Waals surface area contributed by atoms with Crippen molar-refractivity contribution in [1.82, 2.24) is 14.8 Å². The number of hydrogen-bond donors (Lipinski definition) is 0. The van der Waals surface area contributed by atoms with Gasteiger partial charge in [0.15, 0.2) is 5.78 Å². The minimum absolute atomic E-state index is 0.0386. The lowest BCUT2D eigenvalue weighted by atomic mass is 10.2. The third-order valence-electron chi connectivity index (χ3n) is 2.73. The molecule has 0 spiro atoms. The Morgan fingerprint density at radius 1 is 1.50 bits per heavy atom. The number of aryl methyl sites for hydroxylation is 2. The number of aromatic nitrogens is 3. The summed E-state index contributed by atoms with van der Waals surface area (Å²) in [4.78, 5) is 16.6. The van der Waals surface area contributed by atoms with E-state index in [2.05, 4.69) is 10.1 Å². The first kappa shape index (κ1) is 13.2. The fourth-order valence-corrected chi connectivity index (χ4v) is 2.68. The Kier molecular flexibility index (Phi) is 4.14. The average molecular weight is 284 g/mol. The molecule has 6 heteroatoms. The summed E-state index contributed by atoms with van der Waals surface area (Å²) in [5.41, 5.74) is 3.31. The van der Waals surface area contributed by atoms with E-state index in [4.69, 9.17) is 11.6 Å². The van der Waals surface area contributed by atoms with Crippen molar-refractivity contribution < 1.29 is 4.79 Å². The highest BCUT2D eigenvalue weighted by atomic mass is 35.5. The predicted octanol–water partition coefficient (Wildman–Crippen LogP) is 3.00. The number of nitrogens with zero attached hydrogens (tertiary/aromatic N) is 3. The van der Waals surface area contributed by atoms with E-state index in [0.717, 1.165) is 17.8 Å². The summed E-state index contributed by atoms with van der Waals surface area (Å²) in [5, 5.41) is 5.02. The molecule has 96 valence electrons. The first-order valence-electron chi connectivity index (χ1n) is 5.83. The number of halogens is 1. The van der Waals surface area contributed by atoms with Gasteiger partial charge in [-0.15, -0.1) is 11.3 Å². The van der Waals surface area contributed by atoms with Gasteiger partial charge in [0, 0.05) is 12.7 Å². The van der Waals surface area contributed by atoms with Crippen LogP contribution >= 0.6 is 22.9 Å². The van der Waals surface area contributed by atoms with Gasteiger partial charge in [0.2, 0.25) is 0 Å². The van der Waals surface area contributed by atoms with Crippen LogP contribution in [-0.4, -0.2) is 20.5 Å². The first-order valence-corrected chi connectivity index (χ1v) is 7.08. The molecule has 0 saturated carbocycles. The van der Waals surface area contributed by atoms with Crippen molar-refractivity contribution in [2.75, 3.05) is 0 Å². The molecule has 2 aromatic heterocycles. The first-order chi connectivity index (χ1) is 8.67. The summed E-state index contributed by atoms with van der Waals surface area (Å²) in [6, 6.07) is 0. The zero-order valence-corrected chi connectivity index (χ0v) is 11.9. The minimum Gasteiger partial charge on any atom is -0.293 e. The third kappa shape index (κ3) is 2.47. The van der Waals surface area contributed by atoms with Crippen molar-refractivity contribution >= 4 is 28.7 Å². The highest BCUT2D eigenvalue weighted by Gasteiger charge is 2.18. The van der Waals surface area contributed by atoms with Crippen molar-refractivity contribution in [1.29, 1.82) is 0 Å². The van der Waals surface area contributed by atoms with Crippen LogP contribution in [0.5, 0.6) is 0 Å². The molecule has 18 heavy (non-hydrogen) atoms. The third-order valence-corrected chi connectivity index (χ3v) is 3.98. The molecule has 4 nitrogen and oxygen atoms in total. The number of Topliss-reactive ketones (excluding diaryl/α,β-unsaturated/α-hetero) is 1. The Hall–Kier alpha value is -1.20. The van der Waals surface area contributed by atoms with Crippen LogP contribution in [0, 0.1) is 0 Å². The molecule has 0 bridgehead atoms. The lowest BCUT2D eigenvalue weighted by Gasteiger charge is -2.03. The van der Waals surface area contributed by atoms with Crippen LogP contribution in [0.25, 0.3) is 0 Å². The second kappa shape index (κ2) is 5.63. The number of carbonyl (C=O) groups excluding carboxylic acids is 1. The number of hydrogen-bond acceptors (Lipinski definition) is 4. The van der Waals surface area contributed by atoms with Crippen molar-refractivity contribution in [2.24, 2.45) is 0 Å². The van der Waals surface area contributed by atoms with Gasteiger partial charge in [0.05, 0.1) is 33.2 Å². The summed E-state index contributed by atoms with van der Waals surface area (Å²) in [5.74, 6) is 0.0386. The van der Waals surface area contributed by atoms with Crippen LogP contribution in [0.3, 0.4) is 0 Å². The van der Waals surface area contributed by atoms with Crippen molar-refractivity contribution in [3.8, 4) is 0 Å². The molecule has 0 saturated heterocycles. The summed E-state index contributed by atoms with van der Waals surface area (Å²) in [6.07, 6.45) is 2.64. The standard InChI is InChI=1S/C12H14ClN3OS/c1-3-8-12(13)9(16(4-2)15-8)5-10(17)11-6-14-7-18-11/h6-7H,3-5H2,1-2H3. The average Bonchev–Trinajstić information content (AvgIpc) is 2.99. The molecule has 0 radical (unpaired) electrons. The van der Waals surface area contributed by atoms with Gasteiger partial charge in [-0.1, -0.05) is 18.5 Å². The Morgan fingerprint density at radius 2 is 2.28 bits per heavy atom. The summed E-state index contributed by atoms with van der Waals surface area (Å²) in [6.45, 7) is 4.71. The van der Waals surface area contributed by atoms with E-state index < -0.39 is 0 Å². The Balaban J connectivity index is 2.28. The summed E-state index contributed by atoms with van der Waals surface area (Å²) < 4.78 is 1.81. The fraction of sp³-hybridized carbons (Fsp3) is 0.417. The molecule has 0 fully saturated rings. The van der Waals surface area contributed by atoms with E-state index in [0.29, 0.717) is 16.4 Å². The van der Waals surface area contributed by atoms with E-state index in [1.807, 2.05) is 13.8 Å². The quantitative estimate of drug-likeness (QED) is 0.793. The zero-order chi connectivity index (χ0) is 13.1. The number of thiazole rings is 1. The summed E-state index contributed by atoms with van der Waals surface area (Å²) >= 11 is 7.61. The molecule has 2 aromatic rings. The Labute approximate surface area is 115 Å². The van der Waals surface area contributed by atoms with Gasteiger partial charge in [0.1, 0.15) is 0 Å². The maximum absolute atomic E-state index is 12.1. The highest BCUT2D eigenvalue weighted by Crippen LogP contribution is 2.23. The van der Waals surface area contributed by atoms with Crippen molar-refractivity contribution in [3.05, 3.63) is 33.0 Å². The van der Waals surface area contributed by atoms with E-state index in [1.54, 1.807) is 16.4 Å². The fourth-order valence-electron chi connectivity index (χ4n) is 1.78. The number of ketones is 1. The van der Waals surface area contributed by atoms with Gasteiger partial charge in [0.25, 0.3) is 0 Å². The van der Waals surface area contributed by atoms with Crippen LogP contribution < -0.4 is 0 Å². The molecule has 0 aliphatic rings. The Morgan fingerprint density at radius 3 is 2.83 bits per heavy atom. The Bertz CT molecular complexity index is 548. The van der Waals surface area contributed by atoms with Crippen molar-refractivity contribution in [3.63, 3.8) is 0 Å².